The second-order valence-corrected chi connectivity index (χ2v) is 7.27. The Morgan fingerprint density at radius 1 is 1.31 bits per heavy atom. The molecule has 2 aromatic rings. The summed E-state index contributed by atoms with van der Waals surface area (Å²) in [4.78, 5) is 10.9. The topological polar surface area (TPSA) is 88.1 Å². The van der Waals surface area contributed by atoms with Gasteiger partial charge in [0.2, 0.25) is 0 Å². The Morgan fingerprint density at radius 2 is 1.93 bits per heavy atom. The van der Waals surface area contributed by atoms with Crippen molar-refractivity contribution in [3.05, 3.63) is 53.6 Å². The normalized spacial score (nSPS) is 17.2. The number of carbonyl (C=O) groups is 1. The van der Waals surface area contributed by atoms with Crippen LogP contribution in [0.3, 0.4) is 0 Å². The van der Waals surface area contributed by atoms with Crippen LogP contribution in [0.15, 0.2) is 41.5 Å². The number of anilines is 2. The summed E-state index contributed by atoms with van der Waals surface area (Å²) in [6.45, 7) is 3.39. The van der Waals surface area contributed by atoms with Gasteiger partial charge in [-0.1, -0.05) is 6.92 Å². The zero-order valence-electron chi connectivity index (χ0n) is 16.2. The first-order valence-corrected chi connectivity index (χ1v) is 9.27. The SMILES string of the molecule is CC1=NN(c2ccc(N)cc2)C(COc2c(F)cc(CC(C)C(=O)O)cc2F)C1. The Hall–Kier alpha value is -3.16. The third-order valence-corrected chi connectivity index (χ3v) is 4.75. The van der Waals surface area contributed by atoms with Gasteiger partial charge in [-0.25, -0.2) is 8.78 Å². The van der Waals surface area contributed by atoms with Crippen molar-refractivity contribution in [1.82, 2.24) is 0 Å². The maximum absolute atomic E-state index is 14.4. The number of carboxylic acids is 1. The monoisotopic (exact) mass is 403 g/mol. The lowest BCUT2D eigenvalue weighted by Crippen LogP contribution is -2.32. The number of carboxylic acid groups (broad SMARTS) is 1. The van der Waals surface area contributed by atoms with Crippen molar-refractivity contribution >= 4 is 23.1 Å². The van der Waals surface area contributed by atoms with E-state index >= 15 is 0 Å². The fourth-order valence-electron chi connectivity index (χ4n) is 3.25. The zero-order chi connectivity index (χ0) is 21.1. The first-order valence-electron chi connectivity index (χ1n) is 9.27. The van der Waals surface area contributed by atoms with Crippen LogP contribution in [-0.4, -0.2) is 29.4 Å². The van der Waals surface area contributed by atoms with Crippen LogP contribution in [0.5, 0.6) is 5.75 Å². The van der Waals surface area contributed by atoms with E-state index in [9.17, 15) is 13.6 Å². The molecule has 154 valence electrons. The van der Waals surface area contributed by atoms with Crippen LogP contribution in [0.4, 0.5) is 20.2 Å². The van der Waals surface area contributed by atoms with Gasteiger partial charge in [0.25, 0.3) is 0 Å². The van der Waals surface area contributed by atoms with Gasteiger partial charge in [0.1, 0.15) is 6.61 Å². The molecule has 0 spiro atoms. The van der Waals surface area contributed by atoms with Gasteiger partial charge in [0.05, 0.1) is 17.6 Å². The lowest BCUT2D eigenvalue weighted by molar-refractivity contribution is -0.141. The Balaban J connectivity index is 1.71. The molecule has 0 saturated heterocycles. The number of nitrogens with two attached hydrogens (primary N) is 1. The van der Waals surface area contributed by atoms with E-state index in [4.69, 9.17) is 15.6 Å². The van der Waals surface area contributed by atoms with Crippen molar-refractivity contribution in [3.63, 3.8) is 0 Å². The maximum atomic E-state index is 14.4. The fraction of sp³-hybridized carbons (Fsp3) is 0.333. The smallest absolute Gasteiger partial charge is 0.306 e. The number of benzene rings is 2. The number of rotatable bonds is 7. The van der Waals surface area contributed by atoms with Crippen molar-refractivity contribution in [3.8, 4) is 5.75 Å². The fourth-order valence-corrected chi connectivity index (χ4v) is 3.25. The molecule has 0 amide bonds. The summed E-state index contributed by atoms with van der Waals surface area (Å²) in [6, 6.07) is 9.18. The van der Waals surface area contributed by atoms with Crippen molar-refractivity contribution in [2.45, 2.75) is 32.7 Å². The summed E-state index contributed by atoms with van der Waals surface area (Å²) >= 11 is 0. The highest BCUT2D eigenvalue weighted by Gasteiger charge is 2.27. The number of nitrogens with zero attached hydrogens (tertiary/aromatic N) is 2. The van der Waals surface area contributed by atoms with Crippen LogP contribution < -0.4 is 15.5 Å². The van der Waals surface area contributed by atoms with Crippen LogP contribution in [-0.2, 0) is 11.2 Å². The van der Waals surface area contributed by atoms with Crippen LogP contribution in [0.25, 0.3) is 0 Å². The summed E-state index contributed by atoms with van der Waals surface area (Å²) in [5.74, 6) is -3.95. The van der Waals surface area contributed by atoms with Gasteiger partial charge < -0.3 is 15.6 Å². The second kappa shape index (κ2) is 8.46. The predicted octanol–water partition coefficient (Wildman–Crippen LogP) is 3.84. The van der Waals surface area contributed by atoms with E-state index in [1.165, 1.54) is 6.92 Å². The number of nitrogen functional groups attached to an aromatic ring is 1. The molecular weight excluding hydrogens is 380 g/mol. The molecule has 3 N–H and O–H groups in total. The first-order chi connectivity index (χ1) is 13.7. The molecule has 2 aromatic carbocycles. The van der Waals surface area contributed by atoms with E-state index in [0.717, 1.165) is 23.5 Å². The standard InChI is InChI=1S/C21H23F2N3O3/c1-12(21(27)28)7-14-9-18(22)20(19(23)10-14)29-11-17-8-13(2)25-26(17)16-5-3-15(24)4-6-16/h3-6,9-10,12,17H,7-8,11,24H2,1-2H3,(H,27,28). The average molecular weight is 403 g/mol. The van der Waals surface area contributed by atoms with Crippen molar-refractivity contribution in [2.75, 3.05) is 17.3 Å². The molecule has 2 unspecified atom stereocenters. The van der Waals surface area contributed by atoms with Crippen molar-refractivity contribution < 1.29 is 23.4 Å². The highest BCUT2D eigenvalue weighted by atomic mass is 19.1. The van der Waals surface area contributed by atoms with Crippen molar-refractivity contribution in [1.29, 1.82) is 0 Å². The summed E-state index contributed by atoms with van der Waals surface area (Å²) in [6.07, 6.45) is 0.631. The number of hydrazone groups is 1. The minimum absolute atomic E-state index is 0.0317. The van der Waals surface area contributed by atoms with Gasteiger partial charge >= 0.3 is 5.97 Å². The third kappa shape index (κ3) is 4.82. The molecule has 8 heteroatoms. The van der Waals surface area contributed by atoms with E-state index in [0.29, 0.717) is 12.1 Å². The lowest BCUT2D eigenvalue weighted by Gasteiger charge is -2.24. The largest absolute Gasteiger partial charge is 0.485 e. The van der Waals surface area contributed by atoms with E-state index in [-0.39, 0.29) is 24.6 Å². The number of aliphatic carboxylic acids is 1. The Labute approximate surface area is 167 Å². The quantitative estimate of drug-likeness (QED) is 0.686. The van der Waals surface area contributed by atoms with E-state index < -0.39 is 29.3 Å². The minimum atomic E-state index is -1.02. The van der Waals surface area contributed by atoms with Gasteiger partial charge in [0.15, 0.2) is 17.4 Å². The molecule has 6 nitrogen and oxygen atoms in total. The van der Waals surface area contributed by atoms with E-state index in [1.54, 1.807) is 17.1 Å². The van der Waals surface area contributed by atoms with Crippen LogP contribution in [0.1, 0.15) is 25.8 Å². The number of hydrogen-bond donors (Lipinski definition) is 2. The molecule has 2 atom stereocenters. The molecular formula is C21H23F2N3O3. The molecule has 1 aliphatic rings. The zero-order valence-corrected chi connectivity index (χ0v) is 16.2. The van der Waals surface area contributed by atoms with Crippen LogP contribution in [0, 0.1) is 17.6 Å². The first kappa shape index (κ1) is 20.6. The summed E-state index contributed by atoms with van der Waals surface area (Å²) < 4.78 is 34.3. The van der Waals surface area contributed by atoms with Crippen molar-refractivity contribution in [2.24, 2.45) is 11.0 Å². The number of halogens is 2. The lowest BCUT2D eigenvalue weighted by atomic mass is 10.0. The molecule has 1 aliphatic heterocycles. The summed E-state index contributed by atoms with van der Waals surface area (Å²) in [5.41, 5.74) is 8.31. The maximum Gasteiger partial charge on any atom is 0.306 e. The molecule has 0 aliphatic carbocycles. The molecule has 0 aromatic heterocycles. The molecule has 0 radical (unpaired) electrons. The number of ether oxygens (including phenoxy) is 1. The molecule has 1 heterocycles. The van der Waals surface area contributed by atoms with Crippen LogP contribution >= 0.6 is 0 Å². The van der Waals surface area contributed by atoms with Crippen LogP contribution in [0.2, 0.25) is 0 Å². The third-order valence-electron chi connectivity index (χ3n) is 4.75. The predicted molar refractivity (Wildman–Crippen MR) is 107 cm³/mol. The molecule has 0 bridgehead atoms. The van der Waals surface area contributed by atoms with Gasteiger partial charge in [-0.2, -0.15) is 5.10 Å². The average Bonchev–Trinajstić information content (AvgIpc) is 3.02. The van der Waals surface area contributed by atoms with Gasteiger partial charge in [-0.3, -0.25) is 9.80 Å². The number of hydrogen-bond acceptors (Lipinski definition) is 5. The molecule has 0 fully saturated rings. The minimum Gasteiger partial charge on any atom is -0.485 e. The van der Waals surface area contributed by atoms with E-state index in [2.05, 4.69) is 5.10 Å². The summed E-state index contributed by atoms with van der Waals surface area (Å²) in [7, 11) is 0. The molecule has 0 saturated carbocycles. The highest BCUT2D eigenvalue weighted by Crippen LogP contribution is 2.28. The highest BCUT2D eigenvalue weighted by molar-refractivity contribution is 5.86. The Bertz CT molecular complexity index is 908. The Kier molecular flexibility index (Phi) is 6.00. The van der Waals surface area contributed by atoms with Gasteiger partial charge in [-0.05, 0) is 55.3 Å². The van der Waals surface area contributed by atoms with E-state index in [1.807, 2.05) is 19.1 Å². The Morgan fingerprint density at radius 3 is 2.52 bits per heavy atom. The molecule has 29 heavy (non-hydrogen) atoms. The second-order valence-electron chi connectivity index (χ2n) is 7.27. The van der Waals surface area contributed by atoms with Gasteiger partial charge in [0, 0.05) is 17.8 Å². The molecule has 3 rings (SSSR count). The van der Waals surface area contributed by atoms with Gasteiger partial charge in [-0.15, -0.1) is 0 Å². The summed E-state index contributed by atoms with van der Waals surface area (Å²) in [5, 5.41) is 15.2.